The van der Waals surface area contributed by atoms with Crippen molar-refractivity contribution in [3.63, 3.8) is 0 Å². The monoisotopic (exact) mass is 212 g/mol. The standard InChI is InChI=1S/C12H20O3/c1-4-15-11(14)8-9-10(13)6-5-7-12(9,2)3/h9H,4-8H2,1-3H3/t9-/m0/s1. The number of esters is 1. The van der Waals surface area contributed by atoms with E-state index in [0.717, 1.165) is 12.8 Å². The lowest BCUT2D eigenvalue weighted by molar-refractivity contribution is -0.149. The summed E-state index contributed by atoms with van der Waals surface area (Å²) in [6.45, 7) is 6.30. The molecule has 0 aromatic heterocycles. The van der Waals surface area contributed by atoms with Gasteiger partial charge in [-0.1, -0.05) is 13.8 Å². The van der Waals surface area contributed by atoms with Crippen LogP contribution in [0.1, 0.15) is 46.5 Å². The van der Waals surface area contributed by atoms with Crippen LogP contribution in [0.25, 0.3) is 0 Å². The number of hydrogen-bond donors (Lipinski definition) is 0. The predicted octanol–water partition coefficient (Wildman–Crippen LogP) is 2.33. The summed E-state index contributed by atoms with van der Waals surface area (Å²) in [5, 5.41) is 0. The van der Waals surface area contributed by atoms with Crippen LogP contribution in [0.2, 0.25) is 0 Å². The Morgan fingerprint density at radius 2 is 2.20 bits per heavy atom. The van der Waals surface area contributed by atoms with Gasteiger partial charge in [0.25, 0.3) is 0 Å². The highest BCUT2D eigenvalue weighted by molar-refractivity contribution is 5.86. The van der Waals surface area contributed by atoms with Gasteiger partial charge in [0.05, 0.1) is 13.0 Å². The number of carbonyl (C=O) groups is 2. The van der Waals surface area contributed by atoms with Gasteiger partial charge in [-0.2, -0.15) is 0 Å². The molecule has 1 rings (SSSR count). The summed E-state index contributed by atoms with van der Waals surface area (Å²) in [7, 11) is 0. The van der Waals surface area contributed by atoms with Gasteiger partial charge in [0.1, 0.15) is 5.78 Å². The molecule has 0 aromatic carbocycles. The van der Waals surface area contributed by atoms with Gasteiger partial charge < -0.3 is 4.74 Å². The van der Waals surface area contributed by atoms with Gasteiger partial charge in [0, 0.05) is 12.3 Å². The van der Waals surface area contributed by atoms with E-state index in [1.165, 1.54) is 0 Å². The van der Waals surface area contributed by atoms with Gasteiger partial charge in [0.2, 0.25) is 0 Å². The number of carbonyl (C=O) groups excluding carboxylic acids is 2. The summed E-state index contributed by atoms with van der Waals surface area (Å²) in [6.07, 6.45) is 2.83. The number of rotatable bonds is 3. The maximum absolute atomic E-state index is 11.7. The Labute approximate surface area is 91.2 Å². The number of hydrogen-bond acceptors (Lipinski definition) is 3. The van der Waals surface area contributed by atoms with E-state index in [4.69, 9.17) is 4.74 Å². The molecule has 0 radical (unpaired) electrons. The molecular weight excluding hydrogens is 192 g/mol. The molecule has 0 saturated heterocycles. The van der Waals surface area contributed by atoms with Gasteiger partial charge in [-0.25, -0.2) is 0 Å². The molecule has 0 spiro atoms. The van der Waals surface area contributed by atoms with Crippen molar-refractivity contribution < 1.29 is 14.3 Å². The Morgan fingerprint density at radius 3 is 2.73 bits per heavy atom. The smallest absolute Gasteiger partial charge is 0.306 e. The Balaban J connectivity index is 2.63. The zero-order chi connectivity index (χ0) is 11.5. The number of ketones is 1. The van der Waals surface area contributed by atoms with Crippen molar-refractivity contribution in [1.29, 1.82) is 0 Å². The normalized spacial score (nSPS) is 25.0. The third-order valence-electron chi connectivity index (χ3n) is 3.25. The maximum atomic E-state index is 11.7. The van der Waals surface area contributed by atoms with Crippen LogP contribution in [-0.2, 0) is 14.3 Å². The van der Waals surface area contributed by atoms with Crippen LogP contribution in [-0.4, -0.2) is 18.4 Å². The van der Waals surface area contributed by atoms with Crippen LogP contribution in [0.15, 0.2) is 0 Å². The molecule has 0 heterocycles. The van der Waals surface area contributed by atoms with Crippen molar-refractivity contribution in [2.75, 3.05) is 6.61 Å². The molecule has 0 bridgehead atoms. The lowest BCUT2D eigenvalue weighted by atomic mass is 9.67. The molecule has 0 amide bonds. The van der Waals surface area contributed by atoms with Gasteiger partial charge in [-0.3, -0.25) is 9.59 Å². The predicted molar refractivity (Wildman–Crippen MR) is 57.4 cm³/mol. The first kappa shape index (κ1) is 12.2. The highest BCUT2D eigenvalue weighted by Gasteiger charge is 2.39. The van der Waals surface area contributed by atoms with Crippen molar-refractivity contribution in [3.05, 3.63) is 0 Å². The van der Waals surface area contributed by atoms with Crippen molar-refractivity contribution in [1.82, 2.24) is 0 Å². The fraction of sp³-hybridized carbons (Fsp3) is 0.833. The van der Waals surface area contributed by atoms with Crippen LogP contribution >= 0.6 is 0 Å². The Bertz CT molecular complexity index is 256. The van der Waals surface area contributed by atoms with E-state index in [-0.39, 0.29) is 29.5 Å². The largest absolute Gasteiger partial charge is 0.466 e. The fourth-order valence-electron chi connectivity index (χ4n) is 2.28. The Kier molecular flexibility index (Phi) is 3.89. The molecule has 0 aliphatic heterocycles. The fourth-order valence-corrected chi connectivity index (χ4v) is 2.28. The molecule has 0 unspecified atom stereocenters. The summed E-state index contributed by atoms with van der Waals surface area (Å²) in [5.74, 6) is -0.171. The van der Waals surface area contributed by atoms with E-state index in [0.29, 0.717) is 13.0 Å². The molecule has 1 aliphatic carbocycles. The number of Topliss-reactive ketones (excluding diaryl/α,β-unsaturated/α-hetero) is 1. The summed E-state index contributed by atoms with van der Waals surface area (Å²) < 4.78 is 4.90. The van der Waals surface area contributed by atoms with E-state index in [2.05, 4.69) is 13.8 Å². The topological polar surface area (TPSA) is 43.4 Å². The van der Waals surface area contributed by atoms with E-state index in [1.54, 1.807) is 6.92 Å². The summed E-state index contributed by atoms with van der Waals surface area (Å²) >= 11 is 0. The van der Waals surface area contributed by atoms with E-state index in [1.807, 2.05) is 0 Å². The van der Waals surface area contributed by atoms with Crippen molar-refractivity contribution in [3.8, 4) is 0 Å². The van der Waals surface area contributed by atoms with E-state index in [9.17, 15) is 9.59 Å². The molecule has 0 aromatic rings. The van der Waals surface area contributed by atoms with E-state index < -0.39 is 0 Å². The summed E-state index contributed by atoms with van der Waals surface area (Å²) in [5.41, 5.74) is -0.0535. The molecule has 3 heteroatoms. The van der Waals surface area contributed by atoms with Crippen LogP contribution in [0, 0.1) is 11.3 Å². The molecule has 1 aliphatic rings. The first-order valence-electron chi connectivity index (χ1n) is 5.65. The van der Waals surface area contributed by atoms with Crippen LogP contribution in [0.4, 0.5) is 0 Å². The Hall–Kier alpha value is -0.860. The van der Waals surface area contributed by atoms with Crippen molar-refractivity contribution in [2.45, 2.75) is 46.5 Å². The van der Waals surface area contributed by atoms with Crippen LogP contribution in [0.5, 0.6) is 0 Å². The minimum absolute atomic E-state index is 0.0535. The molecule has 86 valence electrons. The SMILES string of the molecule is CCOC(=O)C[C@H]1C(=O)CCCC1(C)C. The molecule has 1 atom stereocenters. The lowest BCUT2D eigenvalue weighted by Crippen LogP contribution is -2.37. The number of ether oxygens (including phenoxy) is 1. The van der Waals surface area contributed by atoms with Crippen LogP contribution in [0.3, 0.4) is 0 Å². The highest BCUT2D eigenvalue weighted by atomic mass is 16.5. The summed E-state index contributed by atoms with van der Waals surface area (Å²) in [6, 6.07) is 0. The van der Waals surface area contributed by atoms with E-state index >= 15 is 0 Å². The van der Waals surface area contributed by atoms with Gasteiger partial charge in [-0.05, 0) is 25.2 Å². The summed E-state index contributed by atoms with van der Waals surface area (Å²) in [4.78, 5) is 23.1. The molecule has 0 N–H and O–H groups in total. The average Bonchev–Trinajstić information content (AvgIpc) is 2.12. The van der Waals surface area contributed by atoms with Gasteiger partial charge in [-0.15, -0.1) is 0 Å². The highest BCUT2D eigenvalue weighted by Crippen LogP contribution is 2.40. The minimum atomic E-state index is -0.245. The first-order valence-corrected chi connectivity index (χ1v) is 5.65. The lowest BCUT2D eigenvalue weighted by Gasteiger charge is -2.36. The molecule has 1 saturated carbocycles. The molecular formula is C12H20O3. The zero-order valence-corrected chi connectivity index (χ0v) is 9.84. The molecule has 3 nitrogen and oxygen atoms in total. The average molecular weight is 212 g/mol. The van der Waals surface area contributed by atoms with Crippen LogP contribution < -0.4 is 0 Å². The van der Waals surface area contributed by atoms with Crippen molar-refractivity contribution in [2.24, 2.45) is 11.3 Å². The third kappa shape index (κ3) is 3.05. The Morgan fingerprint density at radius 1 is 1.53 bits per heavy atom. The quantitative estimate of drug-likeness (QED) is 0.674. The van der Waals surface area contributed by atoms with Gasteiger partial charge >= 0.3 is 5.97 Å². The maximum Gasteiger partial charge on any atom is 0.306 e. The molecule has 15 heavy (non-hydrogen) atoms. The van der Waals surface area contributed by atoms with Gasteiger partial charge in [0.15, 0.2) is 0 Å². The molecule has 1 fully saturated rings. The minimum Gasteiger partial charge on any atom is -0.466 e. The second kappa shape index (κ2) is 4.77. The third-order valence-corrected chi connectivity index (χ3v) is 3.25. The first-order chi connectivity index (χ1) is 6.97. The second-order valence-corrected chi connectivity index (χ2v) is 4.87. The van der Waals surface area contributed by atoms with Crippen molar-refractivity contribution >= 4 is 11.8 Å². The zero-order valence-electron chi connectivity index (χ0n) is 9.84. The second-order valence-electron chi connectivity index (χ2n) is 4.87.